The van der Waals surface area contributed by atoms with Crippen molar-refractivity contribution in [3.63, 3.8) is 0 Å². The van der Waals surface area contributed by atoms with Crippen molar-refractivity contribution in [3.8, 4) is 0 Å². The minimum Gasteiger partial charge on any atom is -0.390 e. The molecule has 12 heavy (non-hydrogen) atoms. The van der Waals surface area contributed by atoms with E-state index in [1.54, 1.807) is 11.3 Å². The molecule has 1 aromatic heterocycles. The van der Waals surface area contributed by atoms with Gasteiger partial charge in [0.05, 0.1) is 11.1 Å². The fraction of sp³-hybridized carbons (Fsp3) is 0.667. The van der Waals surface area contributed by atoms with Gasteiger partial charge in [0, 0.05) is 17.5 Å². The van der Waals surface area contributed by atoms with Crippen LogP contribution in [0.4, 0.5) is 0 Å². The molecular formula is C9H13NOS. The lowest BCUT2D eigenvalue weighted by Gasteiger charge is -2.20. The van der Waals surface area contributed by atoms with E-state index in [1.807, 2.05) is 11.7 Å². The Morgan fingerprint density at radius 3 is 2.83 bits per heavy atom. The number of thiazole rings is 1. The number of aromatic nitrogens is 1. The van der Waals surface area contributed by atoms with E-state index in [0.717, 1.165) is 19.3 Å². The third kappa shape index (κ3) is 1.67. The summed E-state index contributed by atoms with van der Waals surface area (Å²) in [5, 5.41) is 10.0. The van der Waals surface area contributed by atoms with Gasteiger partial charge in [-0.05, 0) is 12.8 Å². The highest BCUT2D eigenvalue weighted by atomic mass is 32.1. The van der Waals surface area contributed by atoms with Crippen molar-refractivity contribution in [2.45, 2.75) is 37.7 Å². The molecule has 0 amide bonds. The van der Waals surface area contributed by atoms with Gasteiger partial charge in [-0.1, -0.05) is 12.8 Å². The first-order chi connectivity index (χ1) is 5.79. The van der Waals surface area contributed by atoms with Gasteiger partial charge in [0.15, 0.2) is 0 Å². The molecule has 1 fully saturated rings. The normalized spacial score (nSPS) is 21.4. The SMILES string of the molecule is OC1(Cc2cncs2)CCCC1. The van der Waals surface area contributed by atoms with Crippen LogP contribution in [-0.4, -0.2) is 15.7 Å². The van der Waals surface area contributed by atoms with Crippen molar-refractivity contribution in [3.05, 3.63) is 16.6 Å². The maximum Gasteiger partial charge on any atom is 0.0794 e. The minimum atomic E-state index is -0.410. The van der Waals surface area contributed by atoms with Crippen molar-refractivity contribution in [2.75, 3.05) is 0 Å². The molecule has 0 aliphatic heterocycles. The Morgan fingerprint density at radius 2 is 2.25 bits per heavy atom. The quantitative estimate of drug-likeness (QED) is 0.760. The molecule has 3 heteroatoms. The maximum atomic E-state index is 10.0. The fourth-order valence-electron chi connectivity index (χ4n) is 1.86. The molecule has 1 aliphatic carbocycles. The third-order valence-corrected chi connectivity index (χ3v) is 3.30. The number of rotatable bonds is 2. The molecule has 1 saturated carbocycles. The van der Waals surface area contributed by atoms with Crippen LogP contribution >= 0.6 is 11.3 Å². The van der Waals surface area contributed by atoms with E-state index in [1.165, 1.54) is 17.7 Å². The second-order valence-electron chi connectivity index (χ2n) is 3.58. The van der Waals surface area contributed by atoms with Crippen molar-refractivity contribution < 1.29 is 5.11 Å². The van der Waals surface area contributed by atoms with Crippen molar-refractivity contribution >= 4 is 11.3 Å². The molecule has 0 unspecified atom stereocenters. The first kappa shape index (κ1) is 8.20. The average molecular weight is 183 g/mol. The summed E-state index contributed by atoms with van der Waals surface area (Å²) in [6.07, 6.45) is 6.94. The molecule has 0 radical (unpaired) electrons. The van der Waals surface area contributed by atoms with Gasteiger partial charge in [0.25, 0.3) is 0 Å². The molecule has 0 aromatic carbocycles. The second-order valence-corrected chi connectivity index (χ2v) is 4.55. The van der Waals surface area contributed by atoms with Crippen LogP contribution in [0.25, 0.3) is 0 Å². The van der Waals surface area contributed by atoms with Crippen LogP contribution in [0.2, 0.25) is 0 Å². The van der Waals surface area contributed by atoms with Gasteiger partial charge in [0.1, 0.15) is 0 Å². The topological polar surface area (TPSA) is 33.1 Å². The molecule has 2 rings (SSSR count). The summed E-state index contributed by atoms with van der Waals surface area (Å²) in [7, 11) is 0. The van der Waals surface area contributed by atoms with E-state index < -0.39 is 5.60 Å². The predicted octanol–water partition coefficient (Wildman–Crippen LogP) is 1.99. The lowest BCUT2D eigenvalue weighted by Crippen LogP contribution is -2.26. The molecule has 1 N–H and O–H groups in total. The molecule has 1 aliphatic rings. The number of hydrogen-bond acceptors (Lipinski definition) is 3. The molecule has 1 aromatic rings. The van der Waals surface area contributed by atoms with Gasteiger partial charge in [-0.15, -0.1) is 11.3 Å². The fourth-order valence-corrected chi connectivity index (χ4v) is 2.59. The summed E-state index contributed by atoms with van der Waals surface area (Å²) in [6, 6.07) is 0. The van der Waals surface area contributed by atoms with Gasteiger partial charge >= 0.3 is 0 Å². The smallest absolute Gasteiger partial charge is 0.0794 e. The Bertz CT molecular complexity index is 239. The standard InChI is InChI=1S/C9H13NOS/c11-9(3-1-2-4-9)5-8-6-10-7-12-8/h6-7,11H,1-5H2. The first-order valence-corrected chi connectivity index (χ1v) is 5.26. The lowest BCUT2D eigenvalue weighted by molar-refractivity contribution is 0.0489. The van der Waals surface area contributed by atoms with E-state index in [9.17, 15) is 5.11 Å². The summed E-state index contributed by atoms with van der Waals surface area (Å²) in [5.74, 6) is 0. The molecule has 2 nitrogen and oxygen atoms in total. The molecular weight excluding hydrogens is 170 g/mol. The molecule has 66 valence electrons. The number of nitrogens with zero attached hydrogens (tertiary/aromatic N) is 1. The largest absolute Gasteiger partial charge is 0.390 e. The van der Waals surface area contributed by atoms with Gasteiger partial charge in [-0.2, -0.15) is 0 Å². The first-order valence-electron chi connectivity index (χ1n) is 4.38. The Balaban J connectivity index is 2.02. The minimum absolute atomic E-state index is 0.410. The highest BCUT2D eigenvalue weighted by Crippen LogP contribution is 2.33. The third-order valence-electron chi connectivity index (χ3n) is 2.52. The highest BCUT2D eigenvalue weighted by molar-refractivity contribution is 7.09. The van der Waals surface area contributed by atoms with E-state index in [4.69, 9.17) is 0 Å². The molecule has 0 spiro atoms. The lowest BCUT2D eigenvalue weighted by atomic mass is 9.98. The van der Waals surface area contributed by atoms with E-state index in [-0.39, 0.29) is 0 Å². The van der Waals surface area contributed by atoms with E-state index >= 15 is 0 Å². The summed E-state index contributed by atoms with van der Waals surface area (Å²) in [4.78, 5) is 5.21. The van der Waals surface area contributed by atoms with Crippen molar-refractivity contribution in [1.82, 2.24) is 4.98 Å². The van der Waals surface area contributed by atoms with Crippen LogP contribution in [0.15, 0.2) is 11.7 Å². The predicted molar refractivity (Wildman–Crippen MR) is 49.2 cm³/mol. The zero-order valence-corrected chi connectivity index (χ0v) is 7.81. The summed E-state index contributed by atoms with van der Waals surface area (Å²) in [6.45, 7) is 0. The van der Waals surface area contributed by atoms with E-state index in [0.29, 0.717) is 0 Å². The Kier molecular flexibility index (Phi) is 2.15. The Hall–Kier alpha value is -0.410. The number of aliphatic hydroxyl groups is 1. The Labute approximate surface area is 76.3 Å². The van der Waals surface area contributed by atoms with Gasteiger partial charge < -0.3 is 5.11 Å². The van der Waals surface area contributed by atoms with Crippen LogP contribution in [-0.2, 0) is 6.42 Å². The van der Waals surface area contributed by atoms with E-state index in [2.05, 4.69) is 4.98 Å². The Morgan fingerprint density at radius 1 is 1.50 bits per heavy atom. The summed E-state index contributed by atoms with van der Waals surface area (Å²) in [5.41, 5.74) is 1.42. The van der Waals surface area contributed by atoms with Crippen LogP contribution in [0.3, 0.4) is 0 Å². The van der Waals surface area contributed by atoms with Crippen LogP contribution in [0.1, 0.15) is 30.6 Å². The van der Waals surface area contributed by atoms with Crippen molar-refractivity contribution in [1.29, 1.82) is 0 Å². The van der Waals surface area contributed by atoms with Gasteiger partial charge in [-0.25, -0.2) is 0 Å². The zero-order valence-electron chi connectivity index (χ0n) is 6.99. The number of hydrogen-bond donors (Lipinski definition) is 1. The average Bonchev–Trinajstić information content (AvgIpc) is 2.62. The van der Waals surface area contributed by atoms with Gasteiger partial charge in [-0.3, -0.25) is 4.98 Å². The molecule has 0 bridgehead atoms. The van der Waals surface area contributed by atoms with Crippen LogP contribution in [0.5, 0.6) is 0 Å². The van der Waals surface area contributed by atoms with Crippen LogP contribution < -0.4 is 0 Å². The highest BCUT2D eigenvalue weighted by Gasteiger charge is 2.31. The summed E-state index contributed by atoms with van der Waals surface area (Å²) >= 11 is 1.64. The summed E-state index contributed by atoms with van der Waals surface area (Å²) < 4.78 is 0. The molecule has 0 atom stereocenters. The molecule has 0 saturated heterocycles. The van der Waals surface area contributed by atoms with Crippen molar-refractivity contribution in [2.24, 2.45) is 0 Å². The molecule has 1 heterocycles. The van der Waals surface area contributed by atoms with Crippen LogP contribution in [0, 0.1) is 0 Å². The van der Waals surface area contributed by atoms with Gasteiger partial charge in [0.2, 0.25) is 0 Å². The maximum absolute atomic E-state index is 10.0. The second kappa shape index (κ2) is 3.15. The monoisotopic (exact) mass is 183 g/mol. The zero-order chi connectivity index (χ0) is 8.44.